The smallest absolute Gasteiger partial charge is 0.0130 e. The summed E-state index contributed by atoms with van der Waals surface area (Å²) in [7, 11) is 0. The fraction of sp³-hybridized carbons (Fsp3) is 0.571. The summed E-state index contributed by atoms with van der Waals surface area (Å²) in [5.74, 6) is 0. The molecule has 0 nitrogen and oxygen atoms in total. The van der Waals surface area contributed by atoms with Crippen LogP contribution in [0.5, 0.6) is 0 Å². The molecule has 88 valence electrons. The van der Waals surface area contributed by atoms with Crippen LogP contribution in [0.3, 0.4) is 0 Å². The van der Waals surface area contributed by atoms with E-state index in [2.05, 4.69) is 62.8 Å². The highest BCUT2D eigenvalue weighted by atomic mass is 127. The van der Waals surface area contributed by atoms with Crippen LogP contribution >= 0.6 is 38.5 Å². The van der Waals surface area contributed by atoms with Crippen LogP contribution in [0.2, 0.25) is 0 Å². The molecule has 16 heavy (non-hydrogen) atoms. The zero-order valence-electron chi connectivity index (χ0n) is 9.52. The molecule has 0 spiro atoms. The molecule has 1 aromatic carbocycles. The Morgan fingerprint density at radius 3 is 2.25 bits per heavy atom. The van der Waals surface area contributed by atoms with E-state index in [9.17, 15) is 0 Å². The fourth-order valence-corrected chi connectivity index (χ4v) is 3.81. The van der Waals surface area contributed by atoms with E-state index in [1.807, 2.05) is 0 Å². The maximum absolute atomic E-state index is 3.74. The molecule has 0 aromatic heterocycles. The topological polar surface area (TPSA) is 0 Å². The van der Waals surface area contributed by atoms with Crippen molar-refractivity contribution in [2.45, 2.75) is 38.5 Å². The second-order valence-electron chi connectivity index (χ2n) is 5.00. The van der Waals surface area contributed by atoms with Crippen molar-refractivity contribution in [1.29, 1.82) is 0 Å². The lowest BCUT2D eigenvalue weighted by molar-refractivity contribution is 0.223. The molecule has 0 atom stereocenters. The first-order valence-corrected chi connectivity index (χ1v) is 8.25. The molecule has 1 saturated carbocycles. The Hall–Kier alpha value is 0.430. The summed E-state index contributed by atoms with van der Waals surface area (Å²) in [6.45, 7) is 0. The molecule has 1 fully saturated rings. The summed E-state index contributed by atoms with van der Waals surface area (Å²) in [5, 5.41) is 1.16. The van der Waals surface area contributed by atoms with Gasteiger partial charge in [0.1, 0.15) is 0 Å². The van der Waals surface area contributed by atoms with Crippen molar-refractivity contribution in [3.63, 3.8) is 0 Å². The van der Waals surface area contributed by atoms with Crippen molar-refractivity contribution in [2.24, 2.45) is 5.41 Å². The first-order valence-electron chi connectivity index (χ1n) is 6.05. The second kappa shape index (κ2) is 5.85. The van der Waals surface area contributed by atoms with Gasteiger partial charge in [0.15, 0.2) is 0 Å². The predicted molar refractivity (Wildman–Crippen MR) is 82.2 cm³/mol. The van der Waals surface area contributed by atoms with Gasteiger partial charge < -0.3 is 0 Å². The maximum atomic E-state index is 3.74. The van der Waals surface area contributed by atoms with E-state index in [0.29, 0.717) is 5.41 Å². The normalized spacial score (nSPS) is 19.6. The fourth-order valence-electron chi connectivity index (χ4n) is 2.69. The quantitative estimate of drug-likeness (QED) is 0.491. The number of hydrogen-bond donors (Lipinski definition) is 0. The summed E-state index contributed by atoms with van der Waals surface area (Å²) in [6.07, 6.45) is 8.29. The van der Waals surface area contributed by atoms with Crippen LogP contribution in [0.15, 0.2) is 24.3 Å². The number of hydrogen-bond acceptors (Lipinski definition) is 0. The average Bonchev–Trinajstić information content (AvgIpc) is 2.33. The van der Waals surface area contributed by atoms with Gasteiger partial charge in [0.2, 0.25) is 0 Å². The van der Waals surface area contributed by atoms with Gasteiger partial charge in [-0.05, 0) is 65.0 Å². The zero-order chi connectivity index (χ0) is 11.4. The van der Waals surface area contributed by atoms with Gasteiger partial charge in [0, 0.05) is 8.90 Å². The van der Waals surface area contributed by atoms with E-state index in [0.717, 1.165) is 5.33 Å². The standard InChI is InChI=1S/C14H18BrI/c15-11-14(8-2-1-3-9-14)10-12-4-6-13(16)7-5-12/h4-7H,1-3,8-11H2. The summed E-state index contributed by atoms with van der Waals surface area (Å²) in [6, 6.07) is 9.03. The molecule has 0 radical (unpaired) electrons. The van der Waals surface area contributed by atoms with Crippen molar-refractivity contribution < 1.29 is 0 Å². The third-order valence-corrected chi connectivity index (χ3v) is 5.60. The Labute approximate surface area is 120 Å². The highest BCUT2D eigenvalue weighted by molar-refractivity contribution is 14.1. The van der Waals surface area contributed by atoms with E-state index >= 15 is 0 Å². The van der Waals surface area contributed by atoms with Crippen molar-refractivity contribution in [1.82, 2.24) is 0 Å². The number of benzene rings is 1. The molecule has 0 unspecified atom stereocenters. The summed E-state index contributed by atoms with van der Waals surface area (Å²) >= 11 is 6.11. The highest BCUT2D eigenvalue weighted by Crippen LogP contribution is 2.40. The Morgan fingerprint density at radius 1 is 1.06 bits per heavy atom. The van der Waals surface area contributed by atoms with E-state index in [1.165, 1.54) is 47.7 Å². The minimum atomic E-state index is 0.533. The minimum absolute atomic E-state index is 0.533. The molecule has 2 rings (SSSR count). The number of halogens is 2. The van der Waals surface area contributed by atoms with Crippen LogP contribution in [0.25, 0.3) is 0 Å². The van der Waals surface area contributed by atoms with Crippen molar-refractivity contribution in [2.75, 3.05) is 5.33 Å². The third kappa shape index (κ3) is 3.22. The lowest BCUT2D eigenvalue weighted by Crippen LogP contribution is -2.28. The van der Waals surface area contributed by atoms with E-state index in [1.54, 1.807) is 0 Å². The molecule has 2 heteroatoms. The molecule has 0 aliphatic heterocycles. The molecular formula is C14H18BrI. The number of rotatable bonds is 3. The maximum Gasteiger partial charge on any atom is 0.0130 e. The first-order chi connectivity index (χ1) is 7.74. The largest absolute Gasteiger partial charge is 0.0922 e. The van der Waals surface area contributed by atoms with E-state index < -0.39 is 0 Å². The van der Waals surface area contributed by atoms with Gasteiger partial charge in [-0.1, -0.05) is 47.3 Å². The number of alkyl halides is 1. The first kappa shape index (κ1) is 12.9. The Morgan fingerprint density at radius 2 is 1.69 bits per heavy atom. The van der Waals surface area contributed by atoms with Gasteiger partial charge in [-0.3, -0.25) is 0 Å². The van der Waals surface area contributed by atoms with Gasteiger partial charge >= 0.3 is 0 Å². The summed E-state index contributed by atoms with van der Waals surface area (Å²) < 4.78 is 1.33. The van der Waals surface area contributed by atoms with E-state index in [-0.39, 0.29) is 0 Å². The molecule has 1 aliphatic rings. The molecule has 1 aliphatic carbocycles. The molecule has 0 N–H and O–H groups in total. The zero-order valence-corrected chi connectivity index (χ0v) is 13.3. The van der Waals surface area contributed by atoms with Gasteiger partial charge in [-0.15, -0.1) is 0 Å². The van der Waals surface area contributed by atoms with Crippen molar-refractivity contribution in [3.8, 4) is 0 Å². The summed E-state index contributed by atoms with van der Waals surface area (Å²) in [5.41, 5.74) is 2.03. The van der Waals surface area contributed by atoms with E-state index in [4.69, 9.17) is 0 Å². The van der Waals surface area contributed by atoms with Gasteiger partial charge in [0.05, 0.1) is 0 Å². The molecule has 0 saturated heterocycles. The predicted octanol–water partition coefficient (Wildman–Crippen LogP) is 5.18. The second-order valence-corrected chi connectivity index (χ2v) is 6.80. The Kier molecular flexibility index (Phi) is 4.71. The molecule has 0 amide bonds. The monoisotopic (exact) mass is 392 g/mol. The van der Waals surface area contributed by atoms with Gasteiger partial charge in [-0.2, -0.15) is 0 Å². The Balaban J connectivity index is 2.08. The van der Waals surface area contributed by atoms with Crippen LogP contribution in [0, 0.1) is 8.99 Å². The van der Waals surface area contributed by atoms with Gasteiger partial charge in [-0.25, -0.2) is 0 Å². The lowest BCUT2D eigenvalue weighted by atomic mass is 9.72. The highest BCUT2D eigenvalue weighted by Gasteiger charge is 2.30. The lowest BCUT2D eigenvalue weighted by Gasteiger charge is -2.36. The molecular weight excluding hydrogens is 375 g/mol. The van der Waals surface area contributed by atoms with Crippen LogP contribution in [-0.2, 0) is 6.42 Å². The van der Waals surface area contributed by atoms with Gasteiger partial charge in [0.25, 0.3) is 0 Å². The van der Waals surface area contributed by atoms with Crippen LogP contribution < -0.4 is 0 Å². The molecule has 0 bridgehead atoms. The average molecular weight is 393 g/mol. The third-order valence-electron chi connectivity index (χ3n) is 3.69. The van der Waals surface area contributed by atoms with Crippen LogP contribution in [0.4, 0.5) is 0 Å². The van der Waals surface area contributed by atoms with Crippen LogP contribution in [-0.4, -0.2) is 5.33 Å². The summed E-state index contributed by atoms with van der Waals surface area (Å²) in [4.78, 5) is 0. The van der Waals surface area contributed by atoms with Crippen molar-refractivity contribution in [3.05, 3.63) is 33.4 Å². The SMILES string of the molecule is BrCC1(Cc2ccc(I)cc2)CCCCC1. The minimum Gasteiger partial charge on any atom is -0.0922 e. The van der Waals surface area contributed by atoms with Crippen molar-refractivity contribution >= 4 is 38.5 Å². The van der Waals surface area contributed by atoms with Crippen LogP contribution in [0.1, 0.15) is 37.7 Å². The molecule has 0 heterocycles. The Bertz CT molecular complexity index is 325. The molecule has 1 aromatic rings.